The van der Waals surface area contributed by atoms with Crippen molar-refractivity contribution in [1.29, 1.82) is 0 Å². The highest BCUT2D eigenvalue weighted by Crippen LogP contribution is 2.27. The number of aromatic nitrogens is 5. The molecule has 1 N–H and O–H groups in total. The van der Waals surface area contributed by atoms with Gasteiger partial charge in [0.25, 0.3) is 5.89 Å². The first kappa shape index (κ1) is 19.6. The summed E-state index contributed by atoms with van der Waals surface area (Å²) in [7, 11) is 2.16. The van der Waals surface area contributed by atoms with Crippen LogP contribution < -0.4 is 4.90 Å². The van der Waals surface area contributed by atoms with Crippen LogP contribution >= 0.6 is 0 Å². The predicted octanol–water partition coefficient (Wildman–Crippen LogP) is 4.09. The highest BCUT2D eigenvalue weighted by Gasteiger charge is 2.16. The molecule has 8 nitrogen and oxygen atoms in total. The second-order valence-corrected chi connectivity index (χ2v) is 8.29. The number of aromatic amines is 1. The van der Waals surface area contributed by atoms with Crippen molar-refractivity contribution in [3.8, 4) is 34.4 Å². The number of hydrogen-bond acceptors (Lipinski definition) is 7. The number of hydrogen-bond donors (Lipinski definition) is 1. The van der Waals surface area contributed by atoms with Crippen molar-refractivity contribution in [2.24, 2.45) is 0 Å². The molecule has 0 spiro atoms. The van der Waals surface area contributed by atoms with Crippen molar-refractivity contribution in [1.82, 2.24) is 30.0 Å². The van der Waals surface area contributed by atoms with Gasteiger partial charge in [0.05, 0.1) is 11.0 Å². The van der Waals surface area contributed by atoms with Gasteiger partial charge in [0.2, 0.25) is 5.82 Å². The Bertz CT molecular complexity index is 1380. The summed E-state index contributed by atoms with van der Waals surface area (Å²) in [6, 6.07) is 20.0. The third kappa shape index (κ3) is 3.85. The summed E-state index contributed by atoms with van der Waals surface area (Å²) in [5.74, 6) is 1.78. The highest BCUT2D eigenvalue weighted by atomic mass is 16.5. The Morgan fingerprint density at radius 1 is 0.879 bits per heavy atom. The quantitative estimate of drug-likeness (QED) is 0.453. The maximum atomic E-state index is 5.58. The van der Waals surface area contributed by atoms with E-state index in [2.05, 4.69) is 66.2 Å². The molecule has 0 unspecified atom stereocenters. The number of H-pyrrole nitrogens is 1. The van der Waals surface area contributed by atoms with Crippen molar-refractivity contribution < 1.29 is 4.52 Å². The fourth-order valence-electron chi connectivity index (χ4n) is 4.11. The molecule has 0 aliphatic carbocycles. The molecule has 0 radical (unpaired) electrons. The summed E-state index contributed by atoms with van der Waals surface area (Å²) in [5, 5.41) is 4.21. The van der Waals surface area contributed by atoms with Crippen molar-refractivity contribution >= 4 is 16.7 Å². The Labute approximate surface area is 190 Å². The first-order valence-corrected chi connectivity index (χ1v) is 11.0. The molecule has 0 atom stereocenters. The standard InChI is InChI=1S/C25H23N7O/c1-31-12-14-32(15-13-31)19-8-5-17(6-9-19)23-29-25(33-30-23)18-7-10-20-22(16-18)28-24(27-20)21-4-2-3-11-26-21/h2-11,16H,12-15H2,1H3,(H,27,28). The minimum atomic E-state index is 0.476. The van der Waals surface area contributed by atoms with Crippen LogP contribution in [0.25, 0.3) is 45.4 Å². The average molecular weight is 438 g/mol. The average Bonchev–Trinajstić information content (AvgIpc) is 3.52. The molecule has 8 heteroatoms. The molecule has 2 aromatic carbocycles. The first-order valence-electron chi connectivity index (χ1n) is 11.0. The number of pyridine rings is 1. The number of nitrogens with zero attached hydrogens (tertiary/aromatic N) is 6. The van der Waals surface area contributed by atoms with Crippen LogP contribution in [0, 0.1) is 0 Å². The van der Waals surface area contributed by atoms with E-state index >= 15 is 0 Å². The van der Waals surface area contributed by atoms with Crippen LogP contribution in [0.4, 0.5) is 5.69 Å². The van der Waals surface area contributed by atoms with Crippen LogP contribution in [0.5, 0.6) is 0 Å². The second-order valence-electron chi connectivity index (χ2n) is 8.29. The molecule has 1 saturated heterocycles. The molecule has 164 valence electrons. The zero-order valence-corrected chi connectivity index (χ0v) is 18.3. The minimum Gasteiger partial charge on any atom is -0.369 e. The Balaban J connectivity index is 1.24. The summed E-state index contributed by atoms with van der Waals surface area (Å²) < 4.78 is 5.58. The van der Waals surface area contributed by atoms with Crippen LogP contribution in [-0.2, 0) is 0 Å². The maximum absolute atomic E-state index is 5.58. The zero-order valence-electron chi connectivity index (χ0n) is 18.3. The Hall–Kier alpha value is -4.04. The smallest absolute Gasteiger partial charge is 0.258 e. The van der Waals surface area contributed by atoms with Gasteiger partial charge in [0, 0.05) is 49.2 Å². The van der Waals surface area contributed by atoms with Gasteiger partial charge in [-0.25, -0.2) is 4.98 Å². The number of piperazine rings is 1. The van der Waals surface area contributed by atoms with Gasteiger partial charge in [-0.2, -0.15) is 4.98 Å². The van der Waals surface area contributed by atoms with Gasteiger partial charge < -0.3 is 19.3 Å². The molecule has 5 aromatic rings. The van der Waals surface area contributed by atoms with Gasteiger partial charge in [-0.05, 0) is 61.6 Å². The van der Waals surface area contributed by atoms with Crippen LogP contribution in [0.15, 0.2) is 71.4 Å². The van der Waals surface area contributed by atoms with Gasteiger partial charge in [0.1, 0.15) is 5.69 Å². The van der Waals surface area contributed by atoms with Crippen LogP contribution in [-0.4, -0.2) is 63.2 Å². The van der Waals surface area contributed by atoms with E-state index in [0.29, 0.717) is 11.7 Å². The van der Waals surface area contributed by atoms with E-state index in [9.17, 15) is 0 Å². The molecule has 3 aromatic heterocycles. The van der Waals surface area contributed by atoms with E-state index in [1.165, 1.54) is 5.69 Å². The Morgan fingerprint density at radius 3 is 2.48 bits per heavy atom. The molecule has 0 amide bonds. The number of anilines is 1. The third-order valence-corrected chi connectivity index (χ3v) is 6.06. The molecule has 6 rings (SSSR count). The van der Waals surface area contributed by atoms with E-state index in [1.54, 1.807) is 6.20 Å². The van der Waals surface area contributed by atoms with Crippen molar-refractivity contribution in [2.75, 3.05) is 38.1 Å². The molecular formula is C25H23N7O. The zero-order chi connectivity index (χ0) is 22.2. The number of imidazole rings is 1. The fraction of sp³-hybridized carbons (Fsp3) is 0.200. The second kappa shape index (κ2) is 8.14. The summed E-state index contributed by atoms with van der Waals surface area (Å²) in [4.78, 5) is 21.7. The Morgan fingerprint density at radius 2 is 1.70 bits per heavy atom. The van der Waals surface area contributed by atoms with Crippen LogP contribution in [0.1, 0.15) is 0 Å². The first-order chi connectivity index (χ1) is 16.2. The van der Waals surface area contributed by atoms with E-state index in [4.69, 9.17) is 4.52 Å². The van der Waals surface area contributed by atoms with E-state index < -0.39 is 0 Å². The summed E-state index contributed by atoms with van der Waals surface area (Å²) in [5.41, 5.74) is 5.55. The van der Waals surface area contributed by atoms with Gasteiger partial charge in [0.15, 0.2) is 5.82 Å². The van der Waals surface area contributed by atoms with Gasteiger partial charge in [-0.1, -0.05) is 11.2 Å². The summed E-state index contributed by atoms with van der Waals surface area (Å²) in [6.07, 6.45) is 1.76. The molecule has 0 bridgehead atoms. The van der Waals surface area contributed by atoms with E-state index in [0.717, 1.165) is 59.9 Å². The van der Waals surface area contributed by atoms with Crippen molar-refractivity contribution in [2.45, 2.75) is 0 Å². The van der Waals surface area contributed by atoms with Gasteiger partial charge in [-0.3, -0.25) is 4.98 Å². The van der Waals surface area contributed by atoms with E-state index in [-0.39, 0.29) is 0 Å². The molecular weight excluding hydrogens is 414 g/mol. The van der Waals surface area contributed by atoms with Gasteiger partial charge >= 0.3 is 0 Å². The van der Waals surface area contributed by atoms with Gasteiger partial charge in [-0.15, -0.1) is 0 Å². The Kier molecular flexibility index (Phi) is 4.84. The lowest BCUT2D eigenvalue weighted by Gasteiger charge is -2.34. The predicted molar refractivity (Wildman–Crippen MR) is 128 cm³/mol. The monoisotopic (exact) mass is 437 g/mol. The molecule has 4 heterocycles. The number of nitrogens with one attached hydrogen (secondary N) is 1. The molecule has 1 fully saturated rings. The number of benzene rings is 2. The lowest BCUT2D eigenvalue weighted by Crippen LogP contribution is -2.44. The molecule has 0 saturated carbocycles. The summed E-state index contributed by atoms with van der Waals surface area (Å²) >= 11 is 0. The summed E-state index contributed by atoms with van der Waals surface area (Å²) in [6.45, 7) is 4.25. The molecule has 33 heavy (non-hydrogen) atoms. The molecule has 1 aliphatic rings. The van der Waals surface area contributed by atoms with E-state index in [1.807, 2.05) is 36.4 Å². The highest BCUT2D eigenvalue weighted by molar-refractivity contribution is 5.83. The minimum absolute atomic E-state index is 0.476. The van der Waals surface area contributed by atoms with Crippen LogP contribution in [0.3, 0.4) is 0 Å². The topological polar surface area (TPSA) is 87.0 Å². The number of likely N-dealkylation sites (N-methyl/N-ethyl adjacent to an activating group) is 1. The lowest BCUT2D eigenvalue weighted by atomic mass is 10.1. The third-order valence-electron chi connectivity index (χ3n) is 6.06. The van der Waals surface area contributed by atoms with Crippen LogP contribution in [0.2, 0.25) is 0 Å². The SMILES string of the molecule is CN1CCN(c2ccc(-c3noc(-c4ccc5nc(-c6ccccn6)[nH]c5c4)n3)cc2)CC1. The normalized spacial score (nSPS) is 14.8. The molecule has 1 aliphatic heterocycles. The largest absolute Gasteiger partial charge is 0.369 e. The van der Waals surface area contributed by atoms with Crippen molar-refractivity contribution in [3.05, 3.63) is 66.9 Å². The lowest BCUT2D eigenvalue weighted by molar-refractivity contribution is 0.313. The maximum Gasteiger partial charge on any atom is 0.258 e. The number of rotatable bonds is 4. The fourth-order valence-corrected chi connectivity index (χ4v) is 4.11. The van der Waals surface area contributed by atoms with Crippen molar-refractivity contribution in [3.63, 3.8) is 0 Å². The number of fused-ring (bicyclic) bond motifs is 1.